The molecule has 3 aromatic rings. The highest BCUT2D eigenvalue weighted by atomic mass is 16.5. The van der Waals surface area contributed by atoms with Crippen LogP contribution in [0.2, 0.25) is 0 Å². The smallest absolute Gasteiger partial charge is 0.275 e. The molecule has 0 radical (unpaired) electrons. The predicted octanol–water partition coefficient (Wildman–Crippen LogP) is 2.41. The standard InChI is InChI=1S/C26H25N5O6/c1-34-20-14-18-16-27-30-25(32)21-6-2-4-8-23(21)36-12-10-35-11-13-37-24-9-5-3-7-22(24)26(33)31-28-17-19(15-20)29-18/h2-9,14-17H,10-13H2,1H3,(H,30,32)(H,31,33)/b27-16-,28-17+. The van der Waals surface area contributed by atoms with Crippen LogP contribution in [0.5, 0.6) is 17.2 Å². The molecule has 1 aromatic heterocycles. The minimum Gasteiger partial charge on any atom is -0.497 e. The molecule has 190 valence electrons. The largest absolute Gasteiger partial charge is 0.497 e. The molecule has 1 aliphatic heterocycles. The number of hydrogen-bond donors (Lipinski definition) is 2. The number of nitrogens with zero attached hydrogens (tertiary/aromatic N) is 3. The molecule has 2 N–H and O–H groups in total. The maximum atomic E-state index is 12.7. The summed E-state index contributed by atoms with van der Waals surface area (Å²) in [6.07, 6.45) is 2.74. The maximum Gasteiger partial charge on any atom is 0.275 e. The van der Waals surface area contributed by atoms with Gasteiger partial charge in [0.15, 0.2) is 0 Å². The van der Waals surface area contributed by atoms with Crippen LogP contribution in [0.4, 0.5) is 0 Å². The number of aromatic nitrogens is 1. The Bertz CT molecular complexity index is 1220. The van der Waals surface area contributed by atoms with Crippen molar-refractivity contribution >= 4 is 24.2 Å². The fraction of sp³-hybridized carbons (Fsp3) is 0.192. The lowest BCUT2D eigenvalue weighted by Crippen LogP contribution is -2.20. The lowest BCUT2D eigenvalue weighted by molar-refractivity contribution is 0.0749. The Morgan fingerprint density at radius 1 is 0.730 bits per heavy atom. The molecule has 11 nitrogen and oxygen atoms in total. The number of methoxy groups -OCH3 is 1. The van der Waals surface area contributed by atoms with Crippen LogP contribution in [0, 0.1) is 0 Å². The van der Waals surface area contributed by atoms with Crippen molar-refractivity contribution in [3.8, 4) is 17.2 Å². The second-order valence-electron chi connectivity index (χ2n) is 7.56. The monoisotopic (exact) mass is 503 g/mol. The van der Waals surface area contributed by atoms with E-state index in [-0.39, 0.29) is 26.4 Å². The number of rotatable bonds is 1. The van der Waals surface area contributed by atoms with Crippen molar-refractivity contribution in [1.29, 1.82) is 0 Å². The fourth-order valence-corrected chi connectivity index (χ4v) is 3.31. The maximum absolute atomic E-state index is 12.7. The third-order valence-electron chi connectivity index (χ3n) is 5.03. The van der Waals surface area contributed by atoms with Crippen molar-refractivity contribution in [2.24, 2.45) is 10.2 Å². The van der Waals surface area contributed by atoms with Crippen molar-refractivity contribution in [2.75, 3.05) is 33.5 Å². The van der Waals surface area contributed by atoms with Crippen molar-refractivity contribution in [3.63, 3.8) is 0 Å². The Kier molecular flexibility index (Phi) is 8.76. The molecule has 37 heavy (non-hydrogen) atoms. The first kappa shape index (κ1) is 25.3. The normalized spacial score (nSPS) is 16.6. The van der Waals surface area contributed by atoms with Gasteiger partial charge in [-0.15, -0.1) is 0 Å². The van der Waals surface area contributed by atoms with E-state index >= 15 is 0 Å². The zero-order chi connectivity index (χ0) is 25.9. The molecule has 2 heterocycles. The third-order valence-corrected chi connectivity index (χ3v) is 5.03. The Morgan fingerprint density at radius 2 is 1.22 bits per heavy atom. The number of pyridine rings is 1. The van der Waals surface area contributed by atoms with Gasteiger partial charge in [-0.05, 0) is 24.3 Å². The molecule has 0 saturated carbocycles. The van der Waals surface area contributed by atoms with Crippen LogP contribution in [0.25, 0.3) is 0 Å². The lowest BCUT2D eigenvalue weighted by Gasteiger charge is -2.12. The molecule has 1 aliphatic rings. The van der Waals surface area contributed by atoms with Gasteiger partial charge in [0.1, 0.15) is 30.5 Å². The molecule has 2 aromatic carbocycles. The molecule has 2 bridgehead atoms. The van der Waals surface area contributed by atoms with Gasteiger partial charge < -0.3 is 18.9 Å². The number of para-hydroxylation sites is 2. The van der Waals surface area contributed by atoms with Crippen LogP contribution in [-0.2, 0) is 4.74 Å². The number of amides is 2. The number of nitrogens with one attached hydrogen (secondary N) is 2. The highest BCUT2D eigenvalue weighted by Gasteiger charge is 2.13. The SMILES string of the molecule is COc1cc2nc(c1)/C=N/NC(=O)c1ccccc1OCCOCCOc1ccccc1C(=O)N/N=C\2. The van der Waals surface area contributed by atoms with Gasteiger partial charge in [-0.3, -0.25) is 9.59 Å². The first-order chi connectivity index (χ1) is 18.1. The van der Waals surface area contributed by atoms with E-state index in [1.165, 1.54) is 19.5 Å². The molecular weight excluding hydrogens is 478 g/mol. The molecule has 4 rings (SSSR count). The molecule has 2 amide bonds. The van der Waals surface area contributed by atoms with Gasteiger partial charge in [-0.2, -0.15) is 10.2 Å². The summed E-state index contributed by atoms with van der Waals surface area (Å²) < 4.78 is 22.3. The van der Waals surface area contributed by atoms with Crippen LogP contribution in [0.1, 0.15) is 32.1 Å². The second-order valence-corrected chi connectivity index (χ2v) is 7.56. The summed E-state index contributed by atoms with van der Waals surface area (Å²) in [4.78, 5) is 29.7. The Hall–Kier alpha value is -4.77. The first-order valence-corrected chi connectivity index (χ1v) is 11.4. The number of fused-ring (bicyclic) bond motifs is 4. The van der Waals surface area contributed by atoms with Gasteiger partial charge in [0.05, 0.1) is 55.3 Å². The van der Waals surface area contributed by atoms with Crippen molar-refractivity contribution in [1.82, 2.24) is 15.8 Å². The predicted molar refractivity (Wildman–Crippen MR) is 136 cm³/mol. The minimum atomic E-state index is -0.450. The molecule has 0 saturated heterocycles. The van der Waals surface area contributed by atoms with Crippen LogP contribution in [0.3, 0.4) is 0 Å². The highest BCUT2D eigenvalue weighted by Crippen LogP contribution is 2.19. The van der Waals surface area contributed by atoms with Gasteiger partial charge in [0.2, 0.25) is 0 Å². The number of benzene rings is 2. The fourth-order valence-electron chi connectivity index (χ4n) is 3.31. The Balaban J connectivity index is 1.59. The second kappa shape index (κ2) is 12.8. The lowest BCUT2D eigenvalue weighted by atomic mass is 10.2. The number of hydrogen-bond acceptors (Lipinski definition) is 9. The van der Waals surface area contributed by atoms with Crippen molar-refractivity contribution in [3.05, 3.63) is 83.2 Å². The van der Waals surface area contributed by atoms with E-state index in [1.807, 2.05) is 0 Å². The Labute approximate surface area is 213 Å². The summed E-state index contributed by atoms with van der Waals surface area (Å²) in [5.74, 6) is 0.388. The quantitative estimate of drug-likeness (QED) is 0.521. The molecule has 0 spiro atoms. The van der Waals surface area contributed by atoms with E-state index in [9.17, 15) is 9.59 Å². The average Bonchev–Trinajstić information content (AvgIpc) is 2.92. The van der Waals surface area contributed by atoms with E-state index < -0.39 is 11.8 Å². The van der Waals surface area contributed by atoms with E-state index in [2.05, 4.69) is 26.0 Å². The van der Waals surface area contributed by atoms with E-state index in [4.69, 9.17) is 18.9 Å². The van der Waals surface area contributed by atoms with E-state index in [0.29, 0.717) is 39.8 Å². The molecule has 0 unspecified atom stereocenters. The zero-order valence-electron chi connectivity index (χ0n) is 20.0. The summed E-state index contributed by atoms with van der Waals surface area (Å²) in [5.41, 5.74) is 6.38. The first-order valence-electron chi connectivity index (χ1n) is 11.4. The Morgan fingerprint density at radius 3 is 1.70 bits per heavy atom. The molecule has 11 heteroatoms. The number of carbonyl (C=O) groups excluding carboxylic acids is 2. The van der Waals surface area contributed by atoms with E-state index in [0.717, 1.165) is 0 Å². The van der Waals surface area contributed by atoms with Gasteiger partial charge in [-0.1, -0.05) is 24.3 Å². The molecule has 0 atom stereocenters. The van der Waals surface area contributed by atoms with E-state index in [1.54, 1.807) is 60.7 Å². The molecule has 0 aliphatic carbocycles. The summed E-state index contributed by atoms with van der Waals surface area (Å²) in [6.45, 7) is 0.998. The van der Waals surface area contributed by atoms with Crippen LogP contribution < -0.4 is 25.1 Å². The average molecular weight is 504 g/mol. The number of carbonyl (C=O) groups is 2. The van der Waals surface area contributed by atoms with Crippen molar-refractivity contribution < 1.29 is 28.5 Å². The van der Waals surface area contributed by atoms with Crippen LogP contribution in [-0.4, -0.2) is 62.8 Å². The van der Waals surface area contributed by atoms with Gasteiger partial charge in [0.25, 0.3) is 11.8 Å². The summed E-state index contributed by atoms with van der Waals surface area (Å²) >= 11 is 0. The summed E-state index contributed by atoms with van der Waals surface area (Å²) in [6, 6.07) is 16.9. The van der Waals surface area contributed by atoms with Gasteiger partial charge >= 0.3 is 0 Å². The molecular formula is C26H25N5O6. The zero-order valence-corrected chi connectivity index (χ0v) is 20.0. The van der Waals surface area contributed by atoms with Crippen LogP contribution in [0.15, 0.2) is 70.9 Å². The molecule has 0 fully saturated rings. The number of hydrazone groups is 2. The third kappa shape index (κ3) is 7.12. The van der Waals surface area contributed by atoms with Crippen molar-refractivity contribution in [2.45, 2.75) is 0 Å². The summed E-state index contributed by atoms with van der Waals surface area (Å²) in [7, 11) is 1.51. The summed E-state index contributed by atoms with van der Waals surface area (Å²) in [5, 5.41) is 8.00. The van der Waals surface area contributed by atoms with Crippen LogP contribution >= 0.6 is 0 Å². The highest BCUT2D eigenvalue weighted by molar-refractivity contribution is 5.98. The topological polar surface area (TPSA) is 133 Å². The van der Waals surface area contributed by atoms with Gasteiger partial charge in [0, 0.05) is 12.1 Å². The minimum absolute atomic E-state index is 0.223. The van der Waals surface area contributed by atoms with Gasteiger partial charge in [-0.25, -0.2) is 15.8 Å². The number of ether oxygens (including phenoxy) is 4.